The lowest BCUT2D eigenvalue weighted by molar-refractivity contribution is -0.149. The summed E-state index contributed by atoms with van der Waals surface area (Å²) in [6, 6.07) is 3.32. The summed E-state index contributed by atoms with van der Waals surface area (Å²) >= 11 is 0. The van der Waals surface area contributed by atoms with E-state index in [2.05, 4.69) is 10.3 Å². The van der Waals surface area contributed by atoms with Gasteiger partial charge < -0.3 is 4.74 Å². The molecular weight excluding hydrogens is 168 g/mol. The lowest BCUT2D eigenvalue weighted by Gasteiger charge is -2.22. The summed E-state index contributed by atoms with van der Waals surface area (Å²) in [7, 11) is 0. The second-order valence-corrected chi connectivity index (χ2v) is 2.84. The lowest BCUT2D eigenvalue weighted by atomic mass is 10.1. The van der Waals surface area contributed by atoms with Crippen molar-refractivity contribution >= 4 is 5.97 Å². The Balaban J connectivity index is 2.20. The van der Waals surface area contributed by atoms with Crippen molar-refractivity contribution in [3.8, 4) is 0 Å². The topological polar surface area (TPSA) is 51.2 Å². The monoisotopic (exact) mass is 178 g/mol. The van der Waals surface area contributed by atoms with Crippen molar-refractivity contribution in [2.24, 2.45) is 0 Å². The molecule has 1 N–H and O–H groups in total. The standard InChI is InChI=1S/C9H10N2O2/c12-9-8(11-4-5-13-9)7-2-1-3-10-6-7/h1-3,6,8,11H,4-5H2. The van der Waals surface area contributed by atoms with Crippen molar-refractivity contribution in [3.05, 3.63) is 30.1 Å². The summed E-state index contributed by atoms with van der Waals surface area (Å²) in [4.78, 5) is 15.2. The lowest BCUT2D eigenvalue weighted by Crippen LogP contribution is -2.38. The highest BCUT2D eigenvalue weighted by Crippen LogP contribution is 2.14. The van der Waals surface area contributed by atoms with Gasteiger partial charge in [0, 0.05) is 18.9 Å². The van der Waals surface area contributed by atoms with Crippen LogP contribution in [0.2, 0.25) is 0 Å². The van der Waals surface area contributed by atoms with Gasteiger partial charge >= 0.3 is 5.97 Å². The van der Waals surface area contributed by atoms with Gasteiger partial charge in [-0.1, -0.05) is 6.07 Å². The SMILES string of the molecule is O=C1OCCNC1c1cccnc1. The summed E-state index contributed by atoms with van der Waals surface area (Å²) < 4.78 is 4.92. The van der Waals surface area contributed by atoms with Gasteiger partial charge in [-0.3, -0.25) is 10.3 Å². The number of carbonyl (C=O) groups is 1. The predicted octanol–water partition coefficient (Wildman–Crippen LogP) is 0.269. The Morgan fingerprint density at radius 3 is 3.23 bits per heavy atom. The van der Waals surface area contributed by atoms with Crippen LogP contribution in [0.5, 0.6) is 0 Å². The first-order valence-electron chi connectivity index (χ1n) is 4.18. The third kappa shape index (κ3) is 1.67. The number of hydrogen-bond donors (Lipinski definition) is 1. The molecule has 1 fully saturated rings. The van der Waals surface area contributed by atoms with E-state index in [1.807, 2.05) is 6.07 Å². The predicted molar refractivity (Wildman–Crippen MR) is 45.9 cm³/mol. The van der Waals surface area contributed by atoms with E-state index >= 15 is 0 Å². The minimum Gasteiger partial charge on any atom is -0.463 e. The zero-order valence-corrected chi connectivity index (χ0v) is 7.06. The summed E-state index contributed by atoms with van der Waals surface area (Å²) in [5, 5.41) is 3.07. The largest absolute Gasteiger partial charge is 0.463 e. The molecule has 13 heavy (non-hydrogen) atoms. The molecule has 1 aliphatic rings. The first kappa shape index (κ1) is 8.19. The molecular formula is C9H10N2O2. The molecule has 0 saturated carbocycles. The van der Waals surface area contributed by atoms with E-state index in [-0.39, 0.29) is 12.0 Å². The highest BCUT2D eigenvalue weighted by Gasteiger charge is 2.24. The Labute approximate surface area is 75.9 Å². The van der Waals surface area contributed by atoms with Gasteiger partial charge in [0.2, 0.25) is 0 Å². The normalized spacial score (nSPS) is 22.5. The number of ether oxygens (including phenoxy) is 1. The number of cyclic esters (lactones) is 1. The Hall–Kier alpha value is -1.42. The van der Waals surface area contributed by atoms with Crippen molar-refractivity contribution < 1.29 is 9.53 Å². The summed E-state index contributed by atoms with van der Waals surface area (Å²) in [5.41, 5.74) is 0.854. The molecule has 0 aromatic carbocycles. The van der Waals surface area contributed by atoms with Gasteiger partial charge in [0.1, 0.15) is 12.6 Å². The van der Waals surface area contributed by atoms with Crippen LogP contribution in [0.25, 0.3) is 0 Å². The Kier molecular flexibility index (Phi) is 2.23. The molecule has 1 unspecified atom stereocenters. The number of aromatic nitrogens is 1. The molecule has 1 atom stereocenters. The average Bonchev–Trinajstić information content (AvgIpc) is 2.20. The molecule has 0 radical (unpaired) electrons. The van der Waals surface area contributed by atoms with E-state index in [1.165, 1.54) is 0 Å². The maximum Gasteiger partial charge on any atom is 0.327 e. The van der Waals surface area contributed by atoms with Crippen molar-refractivity contribution in [1.82, 2.24) is 10.3 Å². The fraction of sp³-hybridized carbons (Fsp3) is 0.333. The summed E-state index contributed by atoms with van der Waals surface area (Å²) in [5.74, 6) is -0.223. The number of esters is 1. The van der Waals surface area contributed by atoms with Crippen LogP contribution in [0, 0.1) is 0 Å². The molecule has 0 spiro atoms. The Morgan fingerprint density at radius 2 is 2.54 bits per heavy atom. The van der Waals surface area contributed by atoms with Gasteiger partial charge in [-0.05, 0) is 11.6 Å². The smallest absolute Gasteiger partial charge is 0.327 e. The first-order valence-corrected chi connectivity index (χ1v) is 4.18. The minimum atomic E-state index is -0.345. The number of pyridine rings is 1. The number of nitrogens with one attached hydrogen (secondary N) is 1. The molecule has 1 saturated heterocycles. The second-order valence-electron chi connectivity index (χ2n) is 2.84. The van der Waals surface area contributed by atoms with Crippen LogP contribution in [0.1, 0.15) is 11.6 Å². The van der Waals surface area contributed by atoms with Crippen LogP contribution in [-0.2, 0) is 9.53 Å². The van der Waals surface area contributed by atoms with Crippen LogP contribution < -0.4 is 5.32 Å². The number of rotatable bonds is 1. The van der Waals surface area contributed by atoms with Crippen LogP contribution in [0.3, 0.4) is 0 Å². The van der Waals surface area contributed by atoms with Crippen LogP contribution in [0.15, 0.2) is 24.5 Å². The second kappa shape index (κ2) is 3.53. The third-order valence-electron chi connectivity index (χ3n) is 1.95. The van der Waals surface area contributed by atoms with Gasteiger partial charge in [0.05, 0.1) is 0 Å². The van der Waals surface area contributed by atoms with Crippen LogP contribution >= 0.6 is 0 Å². The van der Waals surface area contributed by atoms with Crippen molar-refractivity contribution in [2.45, 2.75) is 6.04 Å². The number of carbonyl (C=O) groups excluding carboxylic acids is 1. The average molecular weight is 178 g/mol. The van der Waals surface area contributed by atoms with Gasteiger partial charge in [0.25, 0.3) is 0 Å². The zero-order chi connectivity index (χ0) is 9.10. The van der Waals surface area contributed by atoms with Gasteiger partial charge in [-0.15, -0.1) is 0 Å². The van der Waals surface area contributed by atoms with Gasteiger partial charge in [0.15, 0.2) is 0 Å². The van der Waals surface area contributed by atoms with E-state index in [9.17, 15) is 4.79 Å². The molecule has 2 heterocycles. The molecule has 1 aliphatic heterocycles. The molecule has 2 rings (SSSR count). The first-order chi connectivity index (χ1) is 6.38. The Morgan fingerprint density at radius 1 is 1.62 bits per heavy atom. The van der Waals surface area contributed by atoms with Crippen molar-refractivity contribution in [3.63, 3.8) is 0 Å². The maximum atomic E-state index is 11.3. The van der Waals surface area contributed by atoms with E-state index in [0.29, 0.717) is 13.2 Å². The molecule has 4 heteroatoms. The van der Waals surface area contributed by atoms with Crippen LogP contribution in [-0.4, -0.2) is 24.1 Å². The number of nitrogens with zero attached hydrogens (tertiary/aromatic N) is 1. The van der Waals surface area contributed by atoms with E-state index in [0.717, 1.165) is 5.56 Å². The number of hydrogen-bond acceptors (Lipinski definition) is 4. The Bertz CT molecular complexity index is 300. The molecule has 4 nitrogen and oxygen atoms in total. The number of morpholine rings is 1. The fourth-order valence-corrected chi connectivity index (χ4v) is 1.32. The van der Waals surface area contributed by atoms with Crippen molar-refractivity contribution in [2.75, 3.05) is 13.2 Å². The van der Waals surface area contributed by atoms with Crippen LogP contribution in [0.4, 0.5) is 0 Å². The summed E-state index contributed by atoms with van der Waals surface area (Å²) in [6.45, 7) is 1.15. The third-order valence-corrected chi connectivity index (χ3v) is 1.95. The van der Waals surface area contributed by atoms with E-state index < -0.39 is 0 Å². The quantitative estimate of drug-likeness (QED) is 0.627. The van der Waals surface area contributed by atoms with Crippen molar-refractivity contribution in [1.29, 1.82) is 0 Å². The molecule has 0 bridgehead atoms. The highest BCUT2D eigenvalue weighted by molar-refractivity contribution is 5.78. The fourth-order valence-electron chi connectivity index (χ4n) is 1.32. The van der Waals surface area contributed by atoms with Gasteiger partial charge in [-0.2, -0.15) is 0 Å². The molecule has 1 aromatic heterocycles. The minimum absolute atomic E-state index is 0.223. The molecule has 68 valence electrons. The summed E-state index contributed by atoms with van der Waals surface area (Å²) in [6.07, 6.45) is 3.35. The van der Waals surface area contributed by atoms with E-state index in [1.54, 1.807) is 18.5 Å². The highest BCUT2D eigenvalue weighted by atomic mass is 16.5. The molecule has 0 amide bonds. The van der Waals surface area contributed by atoms with E-state index in [4.69, 9.17) is 4.74 Å². The zero-order valence-electron chi connectivity index (χ0n) is 7.06. The maximum absolute atomic E-state index is 11.3. The molecule has 1 aromatic rings. The van der Waals surface area contributed by atoms with Gasteiger partial charge in [-0.25, -0.2) is 4.79 Å². The molecule has 0 aliphatic carbocycles.